The van der Waals surface area contributed by atoms with Gasteiger partial charge in [-0.3, -0.25) is 14.6 Å². The van der Waals surface area contributed by atoms with E-state index in [1.54, 1.807) is 18.2 Å². The van der Waals surface area contributed by atoms with Gasteiger partial charge in [-0.1, -0.05) is 18.2 Å². The Balaban J connectivity index is 1.57. The Labute approximate surface area is 165 Å². The maximum atomic E-state index is 13.1. The van der Waals surface area contributed by atoms with Crippen LogP contribution in [0.15, 0.2) is 53.5 Å². The first-order valence-corrected chi connectivity index (χ1v) is 9.28. The molecule has 0 unspecified atom stereocenters. The summed E-state index contributed by atoms with van der Waals surface area (Å²) in [5, 5.41) is 2.46. The molecule has 1 aliphatic heterocycles. The summed E-state index contributed by atoms with van der Waals surface area (Å²) >= 11 is 0. The van der Waals surface area contributed by atoms with Gasteiger partial charge < -0.3 is 10.2 Å². The number of nitrogens with one attached hydrogen (secondary N) is 1. The molecule has 2 aliphatic rings. The van der Waals surface area contributed by atoms with Crippen LogP contribution in [0.5, 0.6) is 0 Å². The van der Waals surface area contributed by atoms with Crippen LogP contribution in [0.4, 0.5) is 30.2 Å². The molecule has 0 saturated heterocycles. The fraction of sp³-hybridized carbons (Fsp3) is 0.286. The molecule has 1 saturated carbocycles. The summed E-state index contributed by atoms with van der Waals surface area (Å²) in [6.07, 6.45) is -2.22. The van der Waals surface area contributed by atoms with Crippen molar-refractivity contribution in [2.75, 3.05) is 16.8 Å². The van der Waals surface area contributed by atoms with Gasteiger partial charge in [0, 0.05) is 11.4 Å². The van der Waals surface area contributed by atoms with Gasteiger partial charge in [-0.25, -0.2) is 0 Å². The van der Waals surface area contributed by atoms with Gasteiger partial charge in [-0.05, 0) is 49.6 Å². The van der Waals surface area contributed by atoms with Gasteiger partial charge in [0.15, 0.2) is 0 Å². The predicted molar refractivity (Wildman–Crippen MR) is 103 cm³/mol. The summed E-state index contributed by atoms with van der Waals surface area (Å²) in [7, 11) is 0. The van der Waals surface area contributed by atoms with Gasteiger partial charge in [-0.15, -0.1) is 0 Å². The number of aliphatic imine (C=N–C) groups is 1. The summed E-state index contributed by atoms with van der Waals surface area (Å²) in [5.41, 5.74) is 1.14. The molecule has 1 N–H and O–H groups in total. The van der Waals surface area contributed by atoms with Crippen LogP contribution >= 0.6 is 0 Å². The van der Waals surface area contributed by atoms with Gasteiger partial charge >= 0.3 is 6.18 Å². The Morgan fingerprint density at radius 2 is 1.97 bits per heavy atom. The molecular weight excluding hydrogens is 383 g/mol. The molecule has 1 fully saturated rings. The third-order valence-corrected chi connectivity index (χ3v) is 5.10. The van der Waals surface area contributed by atoms with Crippen molar-refractivity contribution in [1.29, 1.82) is 0 Å². The maximum Gasteiger partial charge on any atom is 0.416 e. The second kappa shape index (κ2) is 7.35. The predicted octanol–water partition coefficient (Wildman–Crippen LogP) is 4.56. The Morgan fingerprint density at radius 1 is 1.17 bits per heavy atom. The van der Waals surface area contributed by atoms with Gasteiger partial charge in [0.05, 0.1) is 22.9 Å². The molecule has 1 atom stereocenters. The van der Waals surface area contributed by atoms with E-state index < -0.39 is 17.6 Å². The number of carbonyl (C=O) groups is 2. The van der Waals surface area contributed by atoms with Crippen molar-refractivity contribution in [1.82, 2.24) is 0 Å². The lowest BCUT2D eigenvalue weighted by atomic mass is 10.1. The van der Waals surface area contributed by atoms with Crippen LogP contribution in [0.1, 0.15) is 24.8 Å². The molecule has 2 aromatic carbocycles. The van der Waals surface area contributed by atoms with E-state index in [0.29, 0.717) is 17.8 Å². The molecule has 0 bridgehead atoms. The van der Waals surface area contributed by atoms with Crippen molar-refractivity contribution in [3.63, 3.8) is 0 Å². The maximum absolute atomic E-state index is 13.1. The SMILES string of the molecule is O=C(CN1C(=O)[C@H]2CCCC2=Nc2ccccc21)Nc1cccc(C(F)(F)F)c1. The van der Waals surface area contributed by atoms with Crippen molar-refractivity contribution in [3.05, 3.63) is 54.1 Å². The lowest BCUT2D eigenvalue weighted by molar-refractivity contribution is -0.137. The molecule has 2 aromatic rings. The van der Waals surface area contributed by atoms with E-state index in [-0.39, 0.29) is 24.1 Å². The van der Waals surface area contributed by atoms with Gasteiger partial charge in [0.2, 0.25) is 11.8 Å². The number of rotatable bonds is 3. The number of nitrogens with zero attached hydrogens (tertiary/aromatic N) is 2. The molecule has 1 heterocycles. The Kier molecular flexibility index (Phi) is 4.86. The van der Waals surface area contributed by atoms with Crippen molar-refractivity contribution >= 4 is 34.6 Å². The van der Waals surface area contributed by atoms with Gasteiger partial charge in [-0.2, -0.15) is 13.2 Å². The second-order valence-electron chi connectivity index (χ2n) is 7.09. The lowest BCUT2D eigenvalue weighted by Crippen LogP contribution is -2.41. The molecule has 150 valence electrons. The van der Waals surface area contributed by atoms with Crippen molar-refractivity contribution in [3.8, 4) is 0 Å². The molecule has 0 aromatic heterocycles. The largest absolute Gasteiger partial charge is 0.416 e. The number of halogens is 3. The molecule has 1 aliphatic carbocycles. The zero-order chi connectivity index (χ0) is 20.6. The van der Waals surface area contributed by atoms with Crippen LogP contribution in [0.2, 0.25) is 0 Å². The normalized spacial score (nSPS) is 18.6. The summed E-state index contributed by atoms with van der Waals surface area (Å²) in [4.78, 5) is 31.7. The van der Waals surface area contributed by atoms with Crippen LogP contribution in [-0.4, -0.2) is 24.1 Å². The summed E-state index contributed by atoms with van der Waals surface area (Å²) in [5.74, 6) is -1.14. The third-order valence-electron chi connectivity index (χ3n) is 5.10. The molecule has 0 radical (unpaired) electrons. The number of carbonyl (C=O) groups excluding carboxylic acids is 2. The van der Waals surface area contributed by atoms with Crippen LogP contribution in [0, 0.1) is 5.92 Å². The zero-order valence-electron chi connectivity index (χ0n) is 15.4. The quantitative estimate of drug-likeness (QED) is 0.819. The van der Waals surface area contributed by atoms with Crippen molar-refractivity contribution < 1.29 is 22.8 Å². The number of alkyl halides is 3. The van der Waals surface area contributed by atoms with E-state index in [2.05, 4.69) is 10.3 Å². The minimum absolute atomic E-state index is 0.0261. The molecule has 5 nitrogen and oxygen atoms in total. The smallest absolute Gasteiger partial charge is 0.325 e. The Morgan fingerprint density at radius 3 is 2.76 bits per heavy atom. The first-order valence-electron chi connectivity index (χ1n) is 9.28. The summed E-state index contributed by atoms with van der Waals surface area (Å²) in [6, 6.07) is 11.5. The van der Waals surface area contributed by atoms with Crippen LogP contribution in [0.25, 0.3) is 0 Å². The standard InChI is InChI=1S/C21H18F3N3O2/c22-21(23,24)13-5-3-6-14(11-13)25-19(28)12-27-18-10-2-1-8-17(18)26-16-9-4-7-15(16)20(27)29/h1-3,5-6,8,10-11,15H,4,7,9,12H2,(H,25,28)/t15-/m0/s1. The first-order chi connectivity index (χ1) is 13.8. The number of benzene rings is 2. The van der Waals surface area contributed by atoms with Gasteiger partial charge in [0.25, 0.3) is 0 Å². The fourth-order valence-corrected chi connectivity index (χ4v) is 3.76. The fourth-order valence-electron chi connectivity index (χ4n) is 3.76. The summed E-state index contributed by atoms with van der Waals surface area (Å²) < 4.78 is 38.7. The Bertz CT molecular complexity index is 1000. The number of hydrogen-bond acceptors (Lipinski definition) is 3. The molecular formula is C21H18F3N3O2. The minimum atomic E-state index is -4.50. The lowest BCUT2D eigenvalue weighted by Gasteiger charge is -2.24. The van der Waals surface area contributed by atoms with E-state index in [0.717, 1.165) is 30.7 Å². The van der Waals surface area contributed by atoms with E-state index in [1.165, 1.54) is 17.0 Å². The number of hydrogen-bond donors (Lipinski definition) is 1. The highest BCUT2D eigenvalue weighted by Gasteiger charge is 2.37. The highest BCUT2D eigenvalue weighted by atomic mass is 19.4. The molecule has 29 heavy (non-hydrogen) atoms. The first kappa shape index (κ1) is 19.2. The Hall–Kier alpha value is -3.16. The van der Waals surface area contributed by atoms with E-state index in [9.17, 15) is 22.8 Å². The van der Waals surface area contributed by atoms with Crippen LogP contribution in [-0.2, 0) is 15.8 Å². The number of anilines is 2. The highest BCUT2D eigenvalue weighted by molar-refractivity contribution is 6.16. The number of amides is 2. The zero-order valence-corrected chi connectivity index (χ0v) is 15.4. The van der Waals surface area contributed by atoms with E-state index in [4.69, 9.17) is 0 Å². The summed E-state index contributed by atoms with van der Waals surface area (Å²) in [6.45, 7) is -0.300. The van der Waals surface area contributed by atoms with Crippen molar-refractivity contribution in [2.24, 2.45) is 10.9 Å². The molecule has 2 amide bonds. The van der Waals surface area contributed by atoms with Crippen LogP contribution < -0.4 is 10.2 Å². The molecule has 0 spiro atoms. The average Bonchev–Trinajstić information content (AvgIpc) is 3.10. The van der Waals surface area contributed by atoms with E-state index in [1.807, 2.05) is 6.07 Å². The number of para-hydroxylation sites is 2. The molecule has 8 heteroatoms. The topological polar surface area (TPSA) is 61.8 Å². The molecule has 4 rings (SSSR count). The third kappa shape index (κ3) is 3.87. The van der Waals surface area contributed by atoms with Crippen molar-refractivity contribution in [2.45, 2.75) is 25.4 Å². The minimum Gasteiger partial charge on any atom is -0.325 e. The number of fused-ring (bicyclic) bond motifs is 2. The average molecular weight is 401 g/mol. The van der Waals surface area contributed by atoms with Gasteiger partial charge in [0.1, 0.15) is 6.54 Å². The van der Waals surface area contributed by atoms with Crippen LogP contribution in [0.3, 0.4) is 0 Å². The monoisotopic (exact) mass is 401 g/mol. The second-order valence-corrected chi connectivity index (χ2v) is 7.09. The highest BCUT2D eigenvalue weighted by Crippen LogP contribution is 2.38. The van der Waals surface area contributed by atoms with E-state index >= 15 is 0 Å².